The van der Waals surface area contributed by atoms with Crippen LogP contribution < -0.4 is 5.32 Å². The summed E-state index contributed by atoms with van der Waals surface area (Å²) < 4.78 is 2.01. The van der Waals surface area contributed by atoms with Crippen LogP contribution in [0.25, 0.3) is 11.0 Å². The second kappa shape index (κ2) is 6.48. The van der Waals surface area contributed by atoms with Gasteiger partial charge in [0.15, 0.2) is 0 Å². The summed E-state index contributed by atoms with van der Waals surface area (Å²) in [6.07, 6.45) is 0. The van der Waals surface area contributed by atoms with Crippen molar-refractivity contribution in [2.45, 2.75) is 40.2 Å². The van der Waals surface area contributed by atoms with Gasteiger partial charge < -0.3 is 9.88 Å². The van der Waals surface area contributed by atoms with Gasteiger partial charge in [0.2, 0.25) is 5.91 Å². The van der Waals surface area contributed by atoms with Gasteiger partial charge in [-0.25, -0.2) is 4.98 Å². The number of aryl methyl sites for hydroxylation is 2. The highest BCUT2D eigenvalue weighted by molar-refractivity contribution is 5.92. The van der Waals surface area contributed by atoms with Crippen LogP contribution in [0, 0.1) is 13.8 Å². The number of nitrogens with one attached hydrogen (secondary N) is 1. The van der Waals surface area contributed by atoms with Gasteiger partial charge in [0, 0.05) is 11.6 Å². The molecule has 124 valence electrons. The number of carbonyl (C=O) groups excluding carboxylic acids is 1. The Balaban J connectivity index is 1.89. The number of imidazole rings is 1. The highest BCUT2D eigenvalue weighted by atomic mass is 16.1. The van der Waals surface area contributed by atoms with Crippen molar-refractivity contribution in [1.82, 2.24) is 9.55 Å². The Morgan fingerprint density at radius 1 is 1.17 bits per heavy atom. The molecule has 0 aliphatic rings. The maximum atomic E-state index is 12.6. The van der Waals surface area contributed by atoms with E-state index >= 15 is 0 Å². The van der Waals surface area contributed by atoms with E-state index in [1.807, 2.05) is 54.8 Å². The molecule has 0 aliphatic carbocycles. The van der Waals surface area contributed by atoms with Crippen molar-refractivity contribution in [3.63, 3.8) is 0 Å². The van der Waals surface area contributed by atoms with Crippen LogP contribution in [0.15, 0.2) is 42.5 Å². The molecule has 0 saturated carbocycles. The van der Waals surface area contributed by atoms with E-state index in [0.717, 1.165) is 28.1 Å². The first-order chi connectivity index (χ1) is 11.5. The molecule has 1 aromatic heterocycles. The Morgan fingerprint density at radius 2 is 1.92 bits per heavy atom. The topological polar surface area (TPSA) is 46.9 Å². The van der Waals surface area contributed by atoms with Crippen LogP contribution >= 0.6 is 0 Å². The summed E-state index contributed by atoms with van der Waals surface area (Å²) in [5.41, 5.74) is 5.05. The number of amides is 1. The number of aromatic nitrogens is 2. The normalized spacial score (nSPS) is 11.2. The molecule has 0 unspecified atom stereocenters. The molecule has 0 saturated heterocycles. The van der Waals surface area contributed by atoms with Crippen LogP contribution in [-0.4, -0.2) is 15.5 Å². The third kappa shape index (κ3) is 3.18. The smallest absolute Gasteiger partial charge is 0.244 e. The van der Waals surface area contributed by atoms with Crippen LogP contribution in [0.2, 0.25) is 0 Å². The summed E-state index contributed by atoms with van der Waals surface area (Å²) in [5.74, 6) is 1.16. The lowest BCUT2D eigenvalue weighted by Crippen LogP contribution is -2.21. The predicted octanol–water partition coefficient (Wildman–Crippen LogP) is 4.42. The maximum absolute atomic E-state index is 12.6. The van der Waals surface area contributed by atoms with Crippen LogP contribution in [0.3, 0.4) is 0 Å². The second-order valence-corrected chi connectivity index (χ2v) is 6.57. The minimum Gasteiger partial charge on any atom is -0.324 e. The molecule has 3 rings (SSSR count). The average Bonchev–Trinajstić information content (AvgIpc) is 2.89. The van der Waals surface area contributed by atoms with E-state index in [-0.39, 0.29) is 18.4 Å². The van der Waals surface area contributed by atoms with E-state index in [2.05, 4.69) is 30.2 Å². The van der Waals surface area contributed by atoms with Gasteiger partial charge in [-0.2, -0.15) is 0 Å². The van der Waals surface area contributed by atoms with Crippen molar-refractivity contribution in [2.75, 3.05) is 5.32 Å². The zero-order chi connectivity index (χ0) is 17.3. The predicted molar refractivity (Wildman–Crippen MR) is 98.4 cm³/mol. The Labute approximate surface area is 142 Å². The van der Waals surface area contributed by atoms with Crippen molar-refractivity contribution in [2.24, 2.45) is 0 Å². The van der Waals surface area contributed by atoms with Crippen molar-refractivity contribution in [3.8, 4) is 0 Å². The van der Waals surface area contributed by atoms with Gasteiger partial charge in [0.25, 0.3) is 0 Å². The second-order valence-electron chi connectivity index (χ2n) is 6.57. The summed E-state index contributed by atoms with van der Waals surface area (Å²) in [6, 6.07) is 14.0. The van der Waals surface area contributed by atoms with Crippen molar-refractivity contribution in [1.29, 1.82) is 0 Å². The molecule has 2 aromatic carbocycles. The van der Waals surface area contributed by atoms with Crippen molar-refractivity contribution < 1.29 is 4.79 Å². The number of rotatable bonds is 4. The third-order valence-electron chi connectivity index (χ3n) is 4.16. The van der Waals surface area contributed by atoms with E-state index in [9.17, 15) is 4.79 Å². The van der Waals surface area contributed by atoms with Gasteiger partial charge in [0.05, 0.1) is 11.0 Å². The zero-order valence-electron chi connectivity index (χ0n) is 14.6. The molecule has 1 amide bonds. The number of benzene rings is 2. The van der Waals surface area contributed by atoms with Gasteiger partial charge in [0.1, 0.15) is 12.4 Å². The molecule has 0 atom stereocenters. The summed E-state index contributed by atoms with van der Waals surface area (Å²) in [6.45, 7) is 8.51. The number of anilines is 1. The van der Waals surface area contributed by atoms with E-state index in [0.29, 0.717) is 0 Å². The van der Waals surface area contributed by atoms with Gasteiger partial charge in [-0.15, -0.1) is 0 Å². The fraction of sp³-hybridized carbons (Fsp3) is 0.300. The molecule has 24 heavy (non-hydrogen) atoms. The summed E-state index contributed by atoms with van der Waals surface area (Å²) in [5, 5.41) is 3.02. The van der Waals surface area contributed by atoms with Gasteiger partial charge in [-0.3, -0.25) is 4.79 Å². The molecule has 4 heteroatoms. The van der Waals surface area contributed by atoms with E-state index < -0.39 is 0 Å². The lowest BCUT2D eigenvalue weighted by Gasteiger charge is -2.13. The molecule has 4 nitrogen and oxygen atoms in total. The van der Waals surface area contributed by atoms with E-state index in [1.165, 1.54) is 5.56 Å². The molecule has 0 aliphatic heterocycles. The molecule has 1 heterocycles. The number of nitrogens with zero attached hydrogens (tertiary/aromatic N) is 2. The Morgan fingerprint density at radius 3 is 2.62 bits per heavy atom. The third-order valence-corrected chi connectivity index (χ3v) is 4.16. The Hall–Kier alpha value is -2.62. The highest BCUT2D eigenvalue weighted by Crippen LogP contribution is 2.22. The minimum atomic E-state index is -0.0352. The van der Waals surface area contributed by atoms with Crippen molar-refractivity contribution >= 4 is 22.6 Å². The van der Waals surface area contributed by atoms with E-state index in [1.54, 1.807) is 0 Å². The molecule has 0 radical (unpaired) electrons. The van der Waals surface area contributed by atoms with Crippen LogP contribution in [0.4, 0.5) is 5.69 Å². The fourth-order valence-electron chi connectivity index (χ4n) is 2.99. The summed E-state index contributed by atoms with van der Waals surface area (Å²) in [7, 11) is 0. The molecule has 3 aromatic rings. The van der Waals surface area contributed by atoms with Gasteiger partial charge in [-0.1, -0.05) is 43.7 Å². The Kier molecular flexibility index (Phi) is 4.38. The SMILES string of the molecule is Cc1ccc(NC(=O)Cn2c(C(C)C)nc3ccccc32)c(C)c1. The fourth-order valence-corrected chi connectivity index (χ4v) is 2.99. The van der Waals surface area contributed by atoms with Crippen LogP contribution in [0.5, 0.6) is 0 Å². The number of fused-ring (bicyclic) bond motifs is 1. The molecule has 0 bridgehead atoms. The summed E-state index contributed by atoms with van der Waals surface area (Å²) >= 11 is 0. The standard InChI is InChI=1S/C20H23N3O/c1-13(2)20-22-17-7-5-6-8-18(17)23(20)12-19(24)21-16-10-9-14(3)11-15(16)4/h5-11,13H,12H2,1-4H3,(H,21,24). The average molecular weight is 321 g/mol. The van der Waals surface area contributed by atoms with Crippen LogP contribution in [-0.2, 0) is 11.3 Å². The quantitative estimate of drug-likeness (QED) is 0.773. The molecular formula is C20H23N3O. The first kappa shape index (κ1) is 16.2. The van der Waals surface area contributed by atoms with Gasteiger partial charge in [-0.05, 0) is 37.6 Å². The lowest BCUT2D eigenvalue weighted by molar-refractivity contribution is -0.116. The molecule has 1 N–H and O–H groups in total. The van der Waals surface area contributed by atoms with Crippen molar-refractivity contribution in [3.05, 3.63) is 59.4 Å². The number of carbonyl (C=O) groups is 1. The molecule has 0 spiro atoms. The first-order valence-corrected chi connectivity index (χ1v) is 8.28. The molecular weight excluding hydrogens is 298 g/mol. The maximum Gasteiger partial charge on any atom is 0.244 e. The number of para-hydroxylation sites is 2. The minimum absolute atomic E-state index is 0.0352. The molecule has 0 fully saturated rings. The number of hydrogen-bond acceptors (Lipinski definition) is 2. The number of hydrogen-bond donors (Lipinski definition) is 1. The lowest BCUT2D eigenvalue weighted by atomic mass is 10.1. The Bertz CT molecular complexity index is 893. The first-order valence-electron chi connectivity index (χ1n) is 8.28. The van der Waals surface area contributed by atoms with E-state index in [4.69, 9.17) is 0 Å². The largest absolute Gasteiger partial charge is 0.324 e. The zero-order valence-corrected chi connectivity index (χ0v) is 14.6. The summed E-state index contributed by atoms with van der Waals surface area (Å²) in [4.78, 5) is 17.3. The van der Waals surface area contributed by atoms with Gasteiger partial charge >= 0.3 is 0 Å². The highest BCUT2D eigenvalue weighted by Gasteiger charge is 2.16. The monoisotopic (exact) mass is 321 g/mol. The van der Waals surface area contributed by atoms with Crippen LogP contribution in [0.1, 0.15) is 36.7 Å².